The van der Waals surface area contributed by atoms with E-state index in [0.717, 1.165) is 51.9 Å². The zero-order chi connectivity index (χ0) is 66.5. The number of sulfone groups is 3. The van der Waals surface area contributed by atoms with Crippen LogP contribution in [-0.2, 0) is 50.8 Å². The summed E-state index contributed by atoms with van der Waals surface area (Å²) in [7, 11) is -15.5. The molecule has 0 bridgehead atoms. The first-order valence-corrected chi connectivity index (χ1v) is 37.3. The van der Waals surface area contributed by atoms with Crippen molar-refractivity contribution in [3.05, 3.63) is 143 Å². The van der Waals surface area contributed by atoms with Crippen LogP contribution in [0.2, 0.25) is 0 Å². The lowest BCUT2D eigenvalue weighted by Crippen LogP contribution is -2.41. The molecule has 31 heteroatoms. The molecule has 0 amide bonds. The minimum atomic E-state index is -3.94. The van der Waals surface area contributed by atoms with Crippen molar-refractivity contribution in [3.8, 4) is 11.8 Å². The number of hydrogen-bond acceptors (Lipinski definition) is 22. The number of ether oxygens (including phenoxy) is 1. The maximum absolute atomic E-state index is 13.9. The number of sulfonamides is 1. The summed E-state index contributed by atoms with van der Waals surface area (Å²) >= 11 is 0. The summed E-state index contributed by atoms with van der Waals surface area (Å²) in [6.07, 6.45) is 10.4. The Balaban J connectivity index is 0.791. The second-order valence-corrected chi connectivity index (χ2v) is 31.4. The van der Waals surface area contributed by atoms with Crippen molar-refractivity contribution < 1.29 is 43.0 Å². The highest BCUT2D eigenvalue weighted by molar-refractivity contribution is 7.91. The number of hydrogen-bond donors (Lipinski definition) is 4. The van der Waals surface area contributed by atoms with Gasteiger partial charge in [-0.05, 0) is 73.9 Å². The molecule has 0 saturated carbocycles. The first kappa shape index (κ1) is 65.8. The summed E-state index contributed by atoms with van der Waals surface area (Å²) in [5.74, 6) is 6.79. The van der Waals surface area contributed by atoms with Crippen LogP contribution in [0.4, 0.5) is 17.8 Å². The molecule has 1 aliphatic rings. The number of pyridine rings is 1. The van der Waals surface area contributed by atoms with Gasteiger partial charge >= 0.3 is 0 Å². The van der Waals surface area contributed by atoms with E-state index >= 15 is 0 Å². The topological polar surface area (TPSA) is 330 Å². The van der Waals surface area contributed by atoms with Crippen molar-refractivity contribution >= 4 is 85.2 Å². The van der Waals surface area contributed by atoms with Crippen molar-refractivity contribution in [2.75, 3.05) is 61.0 Å². The van der Waals surface area contributed by atoms with Crippen molar-refractivity contribution in [1.29, 1.82) is 0 Å². The summed E-state index contributed by atoms with van der Waals surface area (Å²) in [6.45, 7) is 16.9. The molecule has 27 nitrogen and oxygen atoms in total. The molecule has 4 N–H and O–H groups in total. The molecule has 93 heavy (non-hydrogen) atoms. The van der Waals surface area contributed by atoms with Crippen LogP contribution in [0, 0.1) is 11.8 Å². The van der Waals surface area contributed by atoms with Gasteiger partial charge in [0.05, 0.1) is 71.8 Å². The van der Waals surface area contributed by atoms with Crippen LogP contribution < -0.4 is 25.8 Å². The van der Waals surface area contributed by atoms with Crippen molar-refractivity contribution in [2.45, 2.75) is 131 Å². The molecular formula is C62H73N18O9S4+. The minimum Gasteiger partial charge on any atom is -0.379 e. The van der Waals surface area contributed by atoms with E-state index in [1.807, 2.05) is 109 Å². The zero-order valence-corrected chi connectivity index (χ0v) is 56.4. The molecule has 8 heterocycles. The molecule has 1 fully saturated rings. The Morgan fingerprint density at radius 1 is 0.538 bits per heavy atom. The highest BCUT2D eigenvalue weighted by Crippen LogP contribution is 2.33. The Morgan fingerprint density at radius 2 is 1.02 bits per heavy atom. The van der Waals surface area contributed by atoms with E-state index in [1.165, 1.54) is 17.9 Å². The van der Waals surface area contributed by atoms with Crippen molar-refractivity contribution in [2.24, 2.45) is 0 Å². The Labute approximate surface area is 539 Å². The lowest BCUT2D eigenvalue weighted by Gasteiger charge is -2.28. The number of fused-ring (bicyclic) bond motifs is 4. The lowest BCUT2D eigenvalue weighted by molar-refractivity contribution is -0.685. The third-order valence-corrected chi connectivity index (χ3v) is 20.9. The molecule has 3 aromatic carbocycles. The van der Waals surface area contributed by atoms with Gasteiger partial charge in [-0.1, -0.05) is 81.3 Å². The molecule has 1 saturated heterocycles. The average molecular weight is 1340 g/mol. The highest BCUT2D eigenvalue weighted by Gasteiger charge is 2.33. The summed E-state index contributed by atoms with van der Waals surface area (Å²) < 4.78 is 119. The van der Waals surface area contributed by atoms with E-state index in [2.05, 4.69) is 77.8 Å². The van der Waals surface area contributed by atoms with Gasteiger partial charge in [-0.25, -0.2) is 33.7 Å². The molecular weight excluding hydrogens is 1270 g/mol. The van der Waals surface area contributed by atoms with Gasteiger partial charge in [-0.2, -0.15) is 67.6 Å². The standard InChI is InChI=1S/C62H73N18O9S4/c1-37(2)49-34-64-78-54(49)70-60(90(9,81)82)74-58(78)68-41(6)46-24-17-26-52-48(46)25-18-28-77(52)43(8)51-36-66-80-56(51)72-62(92(11,85)86)73-57(80)67-40(5)45-22-13-12-21-44(45)33-63-39(4)20-16-19-38(3)50-35-65-79-55(50)71-61(91(10,83)84)75-59(79)69-42(7)47-23-14-15-27-53(47)93(87,88)76-29-31-89-32-30-76/h12-15,17-18,21-28,34-43,63H,19,29-33H2,1-11H3,(H,67,72,73)(H,68,70,74)(H,69,71,75)/q+1. The monoisotopic (exact) mass is 1340 g/mol. The Kier molecular flexibility index (Phi) is 18.4. The van der Waals surface area contributed by atoms with Gasteiger partial charge in [0.15, 0.2) is 29.2 Å². The van der Waals surface area contributed by atoms with Gasteiger partial charge < -0.3 is 20.7 Å². The number of aromatic nitrogens is 13. The maximum atomic E-state index is 13.9. The fraction of sp³-hybridized carbons (Fsp3) is 0.387. The van der Waals surface area contributed by atoms with E-state index in [-0.39, 0.29) is 88.5 Å². The molecule has 0 aliphatic carbocycles. The number of nitrogens with zero attached hydrogens (tertiary/aromatic N) is 14. The molecule has 488 valence electrons. The van der Waals surface area contributed by atoms with Crippen LogP contribution in [0.5, 0.6) is 0 Å². The van der Waals surface area contributed by atoms with Gasteiger partial charge in [0, 0.05) is 75.0 Å². The average Bonchev–Trinajstić information content (AvgIpc) is 1.70. The van der Waals surface area contributed by atoms with E-state index in [9.17, 15) is 33.7 Å². The van der Waals surface area contributed by atoms with Crippen LogP contribution in [0.25, 0.3) is 27.8 Å². The minimum absolute atomic E-state index is 0.0221. The Bertz CT molecular complexity index is 5060. The molecule has 7 aromatic heterocycles. The molecule has 1 aliphatic heterocycles. The van der Waals surface area contributed by atoms with Crippen molar-refractivity contribution in [1.82, 2.24) is 68.4 Å². The summed E-state index contributed by atoms with van der Waals surface area (Å²) in [5, 5.41) is 27.2. The fourth-order valence-electron chi connectivity index (χ4n) is 11.3. The predicted octanol–water partition coefficient (Wildman–Crippen LogP) is 6.60. The summed E-state index contributed by atoms with van der Waals surface area (Å²) in [4.78, 5) is 26.9. The first-order valence-electron chi connectivity index (χ1n) is 30.1. The number of benzene rings is 3. The number of nitrogens with one attached hydrogen (secondary N) is 4. The van der Waals surface area contributed by atoms with Gasteiger partial charge in [0.2, 0.25) is 62.9 Å². The first-order chi connectivity index (χ1) is 44.1. The second kappa shape index (κ2) is 26.0. The lowest BCUT2D eigenvalue weighted by atomic mass is 10.0. The Hall–Kier alpha value is -8.64. The van der Waals surface area contributed by atoms with Gasteiger partial charge in [-0.3, -0.25) is 5.32 Å². The van der Waals surface area contributed by atoms with Gasteiger partial charge in [0.1, 0.15) is 0 Å². The normalized spacial score (nSPS) is 15.7. The van der Waals surface area contributed by atoms with Crippen molar-refractivity contribution in [3.63, 3.8) is 0 Å². The summed E-state index contributed by atoms with van der Waals surface area (Å²) in [6, 6.07) is 22.1. The molecule has 6 atom stereocenters. The SMILES string of the molecule is CC(C#CCC(C)c1cnn2c(NC(C)c3ccccc3S(=O)(=O)N3CCOCC3)nc(S(C)(=O)=O)nc12)NCc1ccccc1C(C)Nc1nc(S(C)(=O)=O)nc2c(C(C)[n+]3cccc4c(C(C)Nc5nc(S(C)(=O)=O)nc6c(C(C)C)cnn56)cccc43)cnn12. The fourth-order valence-corrected chi connectivity index (χ4v) is 14.5. The molecule has 6 unspecified atom stereocenters. The third kappa shape index (κ3) is 13.6. The number of morpholine rings is 1. The van der Waals surface area contributed by atoms with Crippen LogP contribution >= 0.6 is 0 Å². The second-order valence-electron chi connectivity index (χ2n) is 23.7. The molecule has 0 spiro atoms. The number of rotatable bonds is 22. The van der Waals surface area contributed by atoms with E-state index < -0.39 is 68.9 Å². The van der Waals surface area contributed by atoms with E-state index in [0.29, 0.717) is 35.3 Å². The third-order valence-electron chi connectivity index (χ3n) is 16.4. The molecule has 11 rings (SSSR count). The summed E-state index contributed by atoms with van der Waals surface area (Å²) in [5.41, 5.74) is 7.01. The quantitative estimate of drug-likeness (QED) is 0.0410. The highest BCUT2D eigenvalue weighted by atomic mass is 32.2. The van der Waals surface area contributed by atoms with Crippen LogP contribution in [0.3, 0.4) is 0 Å². The van der Waals surface area contributed by atoms with Crippen LogP contribution in [0.1, 0.15) is 137 Å². The smallest absolute Gasteiger partial charge is 0.252 e. The molecule has 0 radical (unpaired) electrons. The predicted molar refractivity (Wildman–Crippen MR) is 349 cm³/mol. The molecule has 10 aromatic rings. The van der Waals surface area contributed by atoms with E-state index in [4.69, 9.17) is 9.84 Å². The Morgan fingerprint density at radius 3 is 1.59 bits per heavy atom. The largest absolute Gasteiger partial charge is 0.379 e. The van der Waals surface area contributed by atoms with Crippen LogP contribution in [-0.4, -0.2) is 148 Å². The zero-order valence-electron chi connectivity index (χ0n) is 53.2. The van der Waals surface area contributed by atoms with Gasteiger partial charge in [0.25, 0.3) is 15.5 Å². The maximum Gasteiger partial charge on any atom is 0.252 e. The number of anilines is 3. The van der Waals surface area contributed by atoms with Gasteiger partial charge in [-0.15, -0.1) is 5.92 Å². The van der Waals surface area contributed by atoms with Crippen LogP contribution in [0.15, 0.2) is 124 Å². The van der Waals surface area contributed by atoms with E-state index in [1.54, 1.807) is 49.8 Å².